The molecule has 0 aliphatic heterocycles. The molecule has 2 aromatic rings. The van der Waals surface area contributed by atoms with Crippen molar-refractivity contribution in [3.63, 3.8) is 0 Å². The summed E-state index contributed by atoms with van der Waals surface area (Å²) in [5.41, 5.74) is -1.45. The number of hydrogen-bond donors (Lipinski definition) is 0. The Morgan fingerprint density at radius 1 is 1.05 bits per heavy atom. The molecule has 0 aliphatic rings. The van der Waals surface area contributed by atoms with Crippen LogP contribution in [0.25, 0.3) is 11.1 Å². The van der Waals surface area contributed by atoms with Gasteiger partial charge in [-0.05, 0) is 35.4 Å². The number of rotatable bonds is 2. The molecular weight excluding hydrogens is 261 g/mol. The van der Waals surface area contributed by atoms with Gasteiger partial charge < -0.3 is 0 Å². The number of nitrogens with zero attached hydrogens (tertiary/aromatic N) is 2. The average Bonchev–Trinajstić information content (AvgIpc) is 2.38. The highest BCUT2D eigenvalue weighted by Crippen LogP contribution is 2.38. The molecule has 0 radical (unpaired) electrons. The van der Waals surface area contributed by atoms with E-state index in [1.165, 1.54) is 30.6 Å². The predicted molar refractivity (Wildman–Crippen MR) is 61.3 cm³/mol. The van der Waals surface area contributed by atoms with E-state index in [2.05, 4.69) is 4.98 Å². The van der Waals surface area contributed by atoms with E-state index in [1.54, 1.807) is 0 Å². The van der Waals surface area contributed by atoms with Gasteiger partial charge in [0.1, 0.15) is 5.56 Å². The van der Waals surface area contributed by atoms with Gasteiger partial charge in [0.25, 0.3) is 5.69 Å². The first-order chi connectivity index (χ1) is 8.89. The smallest absolute Gasteiger partial charge is 0.265 e. The molecule has 0 spiro atoms. The van der Waals surface area contributed by atoms with Gasteiger partial charge >= 0.3 is 6.18 Å². The molecule has 0 atom stereocenters. The molecule has 2 rings (SSSR count). The van der Waals surface area contributed by atoms with Crippen LogP contribution in [0.1, 0.15) is 5.56 Å². The van der Waals surface area contributed by atoms with Crippen molar-refractivity contribution in [3.05, 3.63) is 58.4 Å². The minimum atomic E-state index is -4.77. The first kappa shape index (κ1) is 13.0. The first-order valence-electron chi connectivity index (χ1n) is 5.15. The number of nitro benzene ring substituents is 1. The average molecular weight is 268 g/mol. The highest BCUT2D eigenvalue weighted by Gasteiger charge is 2.38. The summed E-state index contributed by atoms with van der Waals surface area (Å²) >= 11 is 0. The third-order valence-electron chi connectivity index (χ3n) is 2.51. The second kappa shape index (κ2) is 4.68. The van der Waals surface area contributed by atoms with Crippen LogP contribution in [0.2, 0.25) is 0 Å². The van der Waals surface area contributed by atoms with Crippen LogP contribution in [-0.4, -0.2) is 9.91 Å². The Bertz CT molecular complexity index is 612. The topological polar surface area (TPSA) is 56.0 Å². The van der Waals surface area contributed by atoms with Crippen LogP contribution in [0.4, 0.5) is 18.9 Å². The fraction of sp³-hybridized carbons (Fsp3) is 0.0833. The Labute approximate surface area is 105 Å². The molecule has 0 N–H and O–H groups in total. The van der Waals surface area contributed by atoms with Gasteiger partial charge in [-0.3, -0.25) is 15.1 Å². The third kappa shape index (κ3) is 2.70. The Balaban J connectivity index is 2.60. The molecule has 4 nitrogen and oxygen atoms in total. The van der Waals surface area contributed by atoms with Crippen molar-refractivity contribution in [3.8, 4) is 11.1 Å². The first-order valence-corrected chi connectivity index (χ1v) is 5.15. The summed E-state index contributed by atoms with van der Waals surface area (Å²) in [6.45, 7) is 0. The zero-order valence-corrected chi connectivity index (χ0v) is 9.39. The summed E-state index contributed by atoms with van der Waals surface area (Å²) in [7, 11) is 0. The van der Waals surface area contributed by atoms with E-state index < -0.39 is 22.4 Å². The molecule has 1 aromatic carbocycles. The maximum atomic E-state index is 12.8. The van der Waals surface area contributed by atoms with Crippen molar-refractivity contribution in [2.24, 2.45) is 0 Å². The van der Waals surface area contributed by atoms with Crippen LogP contribution in [0.5, 0.6) is 0 Å². The predicted octanol–water partition coefficient (Wildman–Crippen LogP) is 3.68. The van der Waals surface area contributed by atoms with Crippen LogP contribution in [0.15, 0.2) is 42.7 Å². The summed E-state index contributed by atoms with van der Waals surface area (Å²) in [6.07, 6.45) is -1.90. The summed E-state index contributed by atoms with van der Waals surface area (Å²) in [5.74, 6) is 0. The molecule has 7 heteroatoms. The lowest BCUT2D eigenvalue weighted by Crippen LogP contribution is -2.09. The van der Waals surface area contributed by atoms with Crippen molar-refractivity contribution >= 4 is 5.69 Å². The molecule has 98 valence electrons. The highest BCUT2D eigenvalue weighted by atomic mass is 19.4. The lowest BCUT2D eigenvalue weighted by Gasteiger charge is -2.09. The Morgan fingerprint density at radius 3 is 2.21 bits per heavy atom. The second-order valence-corrected chi connectivity index (χ2v) is 3.72. The van der Waals surface area contributed by atoms with E-state index in [4.69, 9.17) is 0 Å². The van der Waals surface area contributed by atoms with Crippen LogP contribution in [-0.2, 0) is 6.18 Å². The van der Waals surface area contributed by atoms with Crippen molar-refractivity contribution in [2.45, 2.75) is 6.18 Å². The van der Waals surface area contributed by atoms with Gasteiger partial charge in [0.05, 0.1) is 4.92 Å². The van der Waals surface area contributed by atoms with Gasteiger partial charge in [-0.15, -0.1) is 0 Å². The summed E-state index contributed by atoms with van der Waals surface area (Å²) < 4.78 is 38.4. The van der Waals surface area contributed by atoms with E-state index in [-0.39, 0.29) is 5.56 Å². The van der Waals surface area contributed by atoms with Crippen molar-refractivity contribution in [2.75, 3.05) is 0 Å². The van der Waals surface area contributed by atoms with Crippen molar-refractivity contribution in [1.29, 1.82) is 0 Å². The molecule has 0 unspecified atom stereocenters. The molecule has 1 aromatic heterocycles. The number of alkyl halides is 3. The van der Waals surface area contributed by atoms with Gasteiger partial charge in [0.2, 0.25) is 0 Å². The molecule has 1 heterocycles. The van der Waals surface area contributed by atoms with Crippen LogP contribution in [0, 0.1) is 10.1 Å². The number of nitro groups is 1. The van der Waals surface area contributed by atoms with E-state index in [1.807, 2.05) is 0 Å². The van der Waals surface area contributed by atoms with Gasteiger partial charge in [-0.25, -0.2) is 0 Å². The summed E-state index contributed by atoms with van der Waals surface area (Å²) in [6, 6.07) is 5.97. The number of pyridine rings is 1. The lowest BCUT2D eigenvalue weighted by molar-refractivity contribution is -0.388. The number of halogens is 3. The zero-order valence-electron chi connectivity index (χ0n) is 9.39. The Hall–Kier alpha value is -2.44. The SMILES string of the molecule is O=[N+]([O-])c1ccc(-c2ccncc2)cc1C(F)(F)F. The van der Waals surface area contributed by atoms with E-state index >= 15 is 0 Å². The lowest BCUT2D eigenvalue weighted by atomic mass is 10.0. The second-order valence-electron chi connectivity index (χ2n) is 3.72. The fourth-order valence-corrected chi connectivity index (χ4v) is 1.65. The Kier molecular flexibility index (Phi) is 3.20. The zero-order chi connectivity index (χ0) is 14.0. The minimum Gasteiger partial charge on any atom is -0.265 e. The monoisotopic (exact) mass is 268 g/mol. The van der Waals surface area contributed by atoms with Crippen LogP contribution >= 0.6 is 0 Å². The van der Waals surface area contributed by atoms with Crippen LogP contribution < -0.4 is 0 Å². The molecule has 0 fully saturated rings. The minimum absolute atomic E-state index is 0.250. The molecule has 0 saturated carbocycles. The maximum absolute atomic E-state index is 12.8. The van der Waals surface area contributed by atoms with Crippen molar-refractivity contribution < 1.29 is 18.1 Å². The Morgan fingerprint density at radius 2 is 1.68 bits per heavy atom. The molecular formula is C12H7F3N2O2. The van der Waals surface area contributed by atoms with Gasteiger partial charge in [0.15, 0.2) is 0 Å². The van der Waals surface area contributed by atoms with E-state index in [9.17, 15) is 23.3 Å². The van der Waals surface area contributed by atoms with Crippen LogP contribution in [0.3, 0.4) is 0 Å². The van der Waals surface area contributed by atoms with E-state index in [0.29, 0.717) is 5.56 Å². The van der Waals surface area contributed by atoms with Crippen molar-refractivity contribution in [1.82, 2.24) is 4.98 Å². The summed E-state index contributed by atoms with van der Waals surface area (Å²) in [4.78, 5) is 13.3. The molecule has 0 bridgehead atoms. The van der Waals surface area contributed by atoms with Gasteiger partial charge in [-0.2, -0.15) is 13.2 Å². The van der Waals surface area contributed by atoms with Gasteiger partial charge in [-0.1, -0.05) is 0 Å². The normalized spacial score (nSPS) is 11.3. The molecule has 0 saturated heterocycles. The van der Waals surface area contributed by atoms with E-state index in [0.717, 1.165) is 12.1 Å². The third-order valence-corrected chi connectivity index (χ3v) is 2.51. The maximum Gasteiger partial charge on any atom is 0.423 e. The number of hydrogen-bond acceptors (Lipinski definition) is 3. The van der Waals surface area contributed by atoms with Gasteiger partial charge in [0, 0.05) is 18.5 Å². The number of benzene rings is 1. The quantitative estimate of drug-likeness (QED) is 0.616. The molecule has 19 heavy (non-hydrogen) atoms. The fourth-order valence-electron chi connectivity index (χ4n) is 1.65. The largest absolute Gasteiger partial charge is 0.423 e. The summed E-state index contributed by atoms with van der Waals surface area (Å²) in [5, 5.41) is 10.6. The molecule has 0 amide bonds. The number of aromatic nitrogens is 1. The molecule has 0 aliphatic carbocycles. The standard InChI is InChI=1S/C12H7F3N2O2/c13-12(14,15)10-7-9(1-2-11(10)17(18)19)8-3-5-16-6-4-8/h1-7H. The highest BCUT2D eigenvalue weighted by molar-refractivity contribution is 5.66.